The zero-order chi connectivity index (χ0) is 17.3. The number of amides is 1. The van der Waals surface area contributed by atoms with Crippen LogP contribution in [-0.4, -0.2) is 53.7 Å². The largest absolute Gasteiger partial charge is 0.380 e. The van der Waals surface area contributed by atoms with Gasteiger partial charge in [-0.25, -0.2) is 14.4 Å². The molecule has 0 spiro atoms. The van der Waals surface area contributed by atoms with Crippen molar-refractivity contribution in [3.63, 3.8) is 0 Å². The molecule has 7 nitrogen and oxygen atoms in total. The van der Waals surface area contributed by atoms with Gasteiger partial charge in [-0.05, 0) is 12.1 Å². The summed E-state index contributed by atoms with van der Waals surface area (Å²) >= 11 is 0. The third-order valence-corrected chi connectivity index (χ3v) is 4.94. The Labute approximate surface area is 144 Å². The predicted octanol–water partition coefficient (Wildman–Crippen LogP) is 0.893. The lowest BCUT2D eigenvalue weighted by Crippen LogP contribution is -2.43. The molecule has 130 valence electrons. The van der Waals surface area contributed by atoms with Crippen molar-refractivity contribution in [2.45, 2.75) is 0 Å². The van der Waals surface area contributed by atoms with Crippen molar-refractivity contribution in [1.29, 1.82) is 0 Å². The summed E-state index contributed by atoms with van der Waals surface area (Å²) in [6.07, 6.45) is 5.52. The molecule has 2 aromatic rings. The van der Waals surface area contributed by atoms with E-state index < -0.39 is 5.82 Å². The molecule has 4 heterocycles. The Hall–Kier alpha value is -2.61. The Morgan fingerprint density at radius 3 is 3.00 bits per heavy atom. The number of nitrogens with one attached hydrogen (secondary N) is 1. The first kappa shape index (κ1) is 15.9. The lowest BCUT2D eigenvalue weighted by Gasteiger charge is -2.27. The van der Waals surface area contributed by atoms with Crippen LogP contribution in [0, 0.1) is 17.2 Å². The van der Waals surface area contributed by atoms with Crippen molar-refractivity contribution in [2.75, 3.05) is 37.7 Å². The number of aromatic nitrogens is 3. The van der Waals surface area contributed by atoms with E-state index in [-0.39, 0.29) is 17.2 Å². The number of rotatable bonds is 4. The van der Waals surface area contributed by atoms with Crippen molar-refractivity contribution >= 4 is 11.9 Å². The van der Waals surface area contributed by atoms with E-state index in [2.05, 4.69) is 20.3 Å². The number of hydrogen-bond acceptors (Lipinski definition) is 6. The topological polar surface area (TPSA) is 80.2 Å². The SMILES string of the molecule is O=C(NC[C@@]12COC[C@@H]1CN(c1ncc(F)cn1)C2)c1cccnc1. The van der Waals surface area contributed by atoms with Gasteiger partial charge in [0.2, 0.25) is 5.95 Å². The Morgan fingerprint density at radius 2 is 2.24 bits per heavy atom. The first-order valence-corrected chi connectivity index (χ1v) is 8.15. The van der Waals surface area contributed by atoms with Crippen LogP contribution in [0.1, 0.15) is 10.4 Å². The monoisotopic (exact) mass is 343 g/mol. The van der Waals surface area contributed by atoms with E-state index in [1.54, 1.807) is 24.5 Å². The fourth-order valence-electron chi connectivity index (χ4n) is 3.56. The summed E-state index contributed by atoms with van der Waals surface area (Å²) < 4.78 is 18.7. The molecular weight excluding hydrogens is 325 g/mol. The molecule has 0 aromatic carbocycles. The number of pyridine rings is 1. The average molecular weight is 343 g/mol. The Bertz CT molecular complexity index is 757. The van der Waals surface area contributed by atoms with Crippen LogP contribution in [0.5, 0.6) is 0 Å². The maximum absolute atomic E-state index is 13.0. The molecule has 2 aliphatic rings. The molecule has 0 radical (unpaired) electrons. The number of halogens is 1. The fourth-order valence-corrected chi connectivity index (χ4v) is 3.56. The van der Waals surface area contributed by atoms with Crippen molar-refractivity contribution in [3.05, 3.63) is 48.3 Å². The second kappa shape index (κ2) is 6.36. The summed E-state index contributed by atoms with van der Waals surface area (Å²) in [5.74, 6) is 0.179. The Morgan fingerprint density at radius 1 is 1.40 bits per heavy atom. The highest BCUT2D eigenvalue weighted by Crippen LogP contribution is 2.41. The normalized spacial score (nSPS) is 25.0. The molecule has 0 unspecified atom stereocenters. The van der Waals surface area contributed by atoms with Crippen molar-refractivity contribution in [2.24, 2.45) is 11.3 Å². The van der Waals surface area contributed by atoms with Crippen molar-refractivity contribution < 1.29 is 13.9 Å². The molecule has 8 heteroatoms. The number of nitrogens with zero attached hydrogens (tertiary/aromatic N) is 4. The zero-order valence-corrected chi connectivity index (χ0v) is 13.6. The lowest BCUT2D eigenvalue weighted by atomic mass is 9.81. The zero-order valence-electron chi connectivity index (χ0n) is 13.6. The first-order valence-electron chi connectivity index (χ1n) is 8.15. The fraction of sp³-hybridized carbons (Fsp3) is 0.412. The van der Waals surface area contributed by atoms with E-state index in [0.29, 0.717) is 37.8 Å². The van der Waals surface area contributed by atoms with Gasteiger partial charge < -0.3 is 15.0 Å². The summed E-state index contributed by atoms with van der Waals surface area (Å²) in [5, 5.41) is 3.00. The van der Waals surface area contributed by atoms with Gasteiger partial charge in [0.05, 0.1) is 31.2 Å². The number of fused-ring (bicyclic) bond motifs is 1. The van der Waals surface area contributed by atoms with Gasteiger partial charge in [0, 0.05) is 43.4 Å². The van der Waals surface area contributed by atoms with Gasteiger partial charge in [0.15, 0.2) is 5.82 Å². The van der Waals surface area contributed by atoms with Crippen LogP contribution in [0.4, 0.5) is 10.3 Å². The third-order valence-electron chi connectivity index (χ3n) is 4.94. The highest BCUT2D eigenvalue weighted by atomic mass is 19.1. The summed E-state index contributed by atoms with van der Waals surface area (Å²) in [5.41, 5.74) is 0.349. The van der Waals surface area contributed by atoms with Gasteiger partial charge in [-0.15, -0.1) is 0 Å². The third kappa shape index (κ3) is 3.05. The van der Waals surface area contributed by atoms with Gasteiger partial charge >= 0.3 is 0 Å². The highest BCUT2D eigenvalue weighted by Gasteiger charge is 2.51. The maximum atomic E-state index is 13.0. The molecule has 2 saturated heterocycles. The van der Waals surface area contributed by atoms with Crippen LogP contribution in [-0.2, 0) is 4.74 Å². The molecule has 2 aromatic heterocycles. The van der Waals surface area contributed by atoms with Crippen LogP contribution in [0.25, 0.3) is 0 Å². The molecule has 2 aliphatic heterocycles. The molecule has 1 amide bonds. The quantitative estimate of drug-likeness (QED) is 0.888. The lowest BCUT2D eigenvalue weighted by molar-refractivity contribution is 0.0920. The molecule has 1 N–H and O–H groups in total. The van der Waals surface area contributed by atoms with Gasteiger partial charge in [0.25, 0.3) is 5.91 Å². The first-order chi connectivity index (χ1) is 12.2. The summed E-state index contributed by atoms with van der Waals surface area (Å²) in [4.78, 5) is 26.4. The smallest absolute Gasteiger partial charge is 0.252 e. The minimum atomic E-state index is -0.454. The molecule has 0 aliphatic carbocycles. The number of carbonyl (C=O) groups excluding carboxylic acids is 1. The Balaban J connectivity index is 1.46. The highest BCUT2D eigenvalue weighted by molar-refractivity contribution is 5.93. The standard InChI is InChI=1S/C17H18FN5O2/c18-14-5-20-16(21-6-14)23-7-13-8-25-11-17(13,10-23)9-22-15(24)12-2-1-3-19-4-12/h1-6,13H,7-11H2,(H,22,24)/t13-,17+/m0/s1. The maximum Gasteiger partial charge on any atom is 0.252 e. The predicted molar refractivity (Wildman–Crippen MR) is 87.5 cm³/mol. The number of anilines is 1. The molecule has 2 atom stereocenters. The molecule has 2 fully saturated rings. The van der Waals surface area contributed by atoms with Crippen LogP contribution in [0.3, 0.4) is 0 Å². The number of ether oxygens (including phenoxy) is 1. The van der Waals surface area contributed by atoms with E-state index in [1.807, 2.05) is 4.90 Å². The molecule has 4 rings (SSSR count). The van der Waals surface area contributed by atoms with Crippen LogP contribution < -0.4 is 10.2 Å². The van der Waals surface area contributed by atoms with E-state index in [9.17, 15) is 9.18 Å². The van der Waals surface area contributed by atoms with Gasteiger partial charge in [-0.2, -0.15) is 0 Å². The summed E-state index contributed by atoms with van der Waals surface area (Å²) in [6.45, 7) is 3.11. The molecule has 25 heavy (non-hydrogen) atoms. The number of hydrogen-bond donors (Lipinski definition) is 1. The van der Waals surface area contributed by atoms with Crippen LogP contribution in [0.15, 0.2) is 36.9 Å². The second-order valence-corrected chi connectivity index (χ2v) is 6.58. The summed E-state index contributed by atoms with van der Waals surface area (Å²) in [6, 6.07) is 3.47. The van der Waals surface area contributed by atoms with E-state index >= 15 is 0 Å². The van der Waals surface area contributed by atoms with E-state index in [0.717, 1.165) is 6.54 Å². The van der Waals surface area contributed by atoms with E-state index in [4.69, 9.17) is 4.74 Å². The summed E-state index contributed by atoms with van der Waals surface area (Å²) in [7, 11) is 0. The van der Waals surface area contributed by atoms with Crippen LogP contribution in [0.2, 0.25) is 0 Å². The van der Waals surface area contributed by atoms with Crippen molar-refractivity contribution in [1.82, 2.24) is 20.3 Å². The average Bonchev–Trinajstić information content (AvgIpc) is 3.18. The second-order valence-electron chi connectivity index (χ2n) is 6.58. The molecule has 0 bridgehead atoms. The van der Waals surface area contributed by atoms with Crippen molar-refractivity contribution in [3.8, 4) is 0 Å². The minimum Gasteiger partial charge on any atom is -0.380 e. The van der Waals surface area contributed by atoms with E-state index in [1.165, 1.54) is 12.4 Å². The minimum absolute atomic E-state index is 0.149. The molecule has 0 saturated carbocycles. The van der Waals surface area contributed by atoms with Gasteiger partial charge in [-0.3, -0.25) is 9.78 Å². The van der Waals surface area contributed by atoms with Gasteiger partial charge in [-0.1, -0.05) is 0 Å². The van der Waals surface area contributed by atoms with Gasteiger partial charge in [0.1, 0.15) is 0 Å². The Kier molecular flexibility index (Phi) is 4.04. The van der Waals surface area contributed by atoms with Crippen LogP contribution >= 0.6 is 0 Å². The molecular formula is C17H18FN5O2. The number of carbonyl (C=O) groups is 1.